The summed E-state index contributed by atoms with van der Waals surface area (Å²) in [5, 5.41) is 13.0. The Kier molecular flexibility index (Phi) is 4.65. The lowest BCUT2D eigenvalue weighted by atomic mass is 10.1. The molecule has 0 aliphatic heterocycles. The molecule has 1 aromatic heterocycles. The van der Waals surface area contributed by atoms with E-state index in [-0.39, 0.29) is 12.4 Å². The first kappa shape index (κ1) is 13.7. The third kappa shape index (κ3) is 3.39. The van der Waals surface area contributed by atoms with E-state index in [0.717, 1.165) is 11.1 Å². The number of ether oxygens (including phenoxy) is 1. The fourth-order valence-electron chi connectivity index (χ4n) is 1.87. The van der Waals surface area contributed by atoms with E-state index in [4.69, 9.17) is 9.84 Å². The van der Waals surface area contributed by atoms with Crippen LogP contribution in [0.5, 0.6) is 0 Å². The van der Waals surface area contributed by atoms with Gasteiger partial charge >= 0.3 is 0 Å². The summed E-state index contributed by atoms with van der Waals surface area (Å²) in [5.74, 6) is -0.295. The van der Waals surface area contributed by atoms with Crippen molar-refractivity contribution in [3.63, 3.8) is 0 Å². The molecular weight excluding hydrogens is 247 g/mol. The normalized spacial score (nSPS) is 10.9. The van der Waals surface area contributed by atoms with Crippen molar-refractivity contribution in [2.24, 2.45) is 0 Å². The summed E-state index contributed by atoms with van der Waals surface area (Å²) in [5.41, 5.74) is 2.17. The Balaban J connectivity index is 2.17. The zero-order chi connectivity index (χ0) is 13.7. The third-order valence-electron chi connectivity index (χ3n) is 2.93. The first-order valence-electron chi connectivity index (χ1n) is 6.15. The molecule has 2 rings (SSSR count). The summed E-state index contributed by atoms with van der Waals surface area (Å²) in [6.07, 6.45) is 3.90. The lowest BCUT2D eigenvalue weighted by molar-refractivity contribution is 0.183. The van der Waals surface area contributed by atoms with E-state index in [1.165, 1.54) is 6.07 Å². The molecule has 0 fully saturated rings. The molecule has 1 N–H and O–H groups in total. The first-order valence-corrected chi connectivity index (χ1v) is 6.15. The molecule has 0 saturated heterocycles. The van der Waals surface area contributed by atoms with E-state index >= 15 is 0 Å². The topological polar surface area (TPSA) is 47.3 Å². The number of halogens is 1. The second-order valence-corrected chi connectivity index (χ2v) is 4.26. The lowest BCUT2D eigenvalue weighted by Gasteiger charge is -2.03. The number of nitrogens with zero attached hydrogens (tertiary/aromatic N) is 2. The minimum absolute atomic E-state index is 0.0504. The summed E-state index contributed by atoms with van der Waals surface area (Å²) >= 11 is 0. The molecule has 0 radical (unpaired) electrons. The monoisotopic (exact) mass is 264 g/mol. The SMILES string of the molecule is COCCn1cc(-c2ccc(CCO)c(F)c2)cn1. The highest BCUT2D eigenvalue weighted by atomic mass is 19.1. The van der Waals surface area contributed by atoms with Crippen LogP contribution in [0.15, 0.2) is 30.6 Å². The molecule has 0 unspecified atom stereocenters. The summed E-state index contributed by atoms with van der Waals surface area (Å²) < 4.78 is 20.5. The zero-order valence-corrected chi connectivity index (χ0v) is 10.8. The Morgan fingerprint density at radius 3 is 2.89 bits per heavy atom. The molecule has 0 aliphatic carbocycles. The van der Waals surface area contributed by atoms with Crippen LogP contribution in [0.25, 0.3) is 11.1 Å². The van der Waals surface area contributed by atoms with Crippen LogP contribution in [-0.4, -0.2) is 35.2 Å². The summed E-state index contributed by atoms with van der Waals surface area (Å²) in [6.45, 7) is 1.21. The smallest absolute Gasteiger partial charge is 0.127 e. The average Bonchev–Trinajstić information content (AvgIpc) is 2.88. The van der Waals surface area contributed by atoms with Crippen LogP contribution in [0, 0.1) is 5.82 Å². The van der Waals surface area contributed by atoms with Gasteiger partial charge < -0.3 is 9.84 Å². The molecule has 0 atom stereocenters. The van der Waals surface area contributed by atoms with Crippen molar-refractivity contribution in [3.8, 4) is 11.1 Å². The summed E-state index contributed by atoms with van der Waals surface area (Å²) in [6, 6.07) is 5.02. The summed E-state index contributed by atoms with van der Waals surface area (Å²) in [4.78, 5) is 0. The van der Waals surface area contributed by atoms with Gasteiger partial charge in [0.05, 0.1) is 19.3 Å². The zero-order valence-electron chi connectivity index (χ0n) is 10.8. The Labute approximate surface area is 111 Å². The van der Waals surface area contributed by atoms with Gasteiger partial charge in [-0.15, -0.1) is 0 Å². The third-order valence-corrected chi connectivity index (χ3v) is 2.93. The van der Waals surface area contributed by atoms with Gasteiger partial charge in [0.25, 0.3) is 0 Å². The maximum atomic E-state index is 13.8. The molecular formula is C14H17FN2O2. The highest BCUT2D eigenvalue weighted by Gasteiger charge is 2.06. The number of hydrogen-bond donors (Lipinski definition) is 1. The molecule has 0 spiro atoms. The maximum Gasteiger partial charge on any atom is 0.127 e. The van der Waals surface area contributed by atoms with Gasteiger partial charge in [0.15, 0.2) is 0 Å². The van der Waals surface area contributed by atoms with Gasteiger partial charge in [-0.1, -0.05) is 12.1 Å². The minimum Gasteiger partial charge on any atom is -0.396 e. The van der Waals surface area contributed by atoms with E-state index < -0.39 is 0 Å². The van der Waals surface area contributed by atoms with Gasteiger partial charge in [-0.05, 0) is 23.6 Å². The Morgan fingerprint density at radius 2 is 2.21 bits per heavy atom. The van der Waals surface area contributed by atoms with Crippen LogP contribution >= 0.6 is 0 Å². The maximum absolute atomic E-state index is 13.8. The molecule has 0 saturated carbocycles. The quantitative estimate of drug-likeness (QED) is 0.866. The fraction of sp³-hybridized carbons (Fsp3) is 0.357. The number of methoxy groups -OCH3 is 1. The molecule has 19 heavy (non-hydrogen) atoms. The molecule has 5 heteroatoms. The molecule has 0 bridgehead atoms. The van der Waals surface area contributed by atoms with Crippen molar-refractivity contribution in [2.45, 2.75) is 13.0 Å². The minimum atomic E-state index is -0.295. The number of hydrogen-bond acceptors (Lipinski definition) is 3. The number of benzene rings is 1. The number of aromatic nitrogens is 2. The molecule has 1 aromatic carbocycles. The molecule has 4 nitrogen and oxygen atoms in total. The van der Waals surface area contributed by atoms with Crippen molar-refractivity contribution >= 4 is 0 Å². The van der Waals surface area contributed by atoms with E-state index in [9.17, 15) is 4.39 Å². The van der Waals surface area contributed by atoms with Crippen LogP contribution < -0.4 is 0 Å². The van der Waals surface area contributed by atoms with E-state index in [1.54, 1.807) is 24.1 Å². The molecule has 2 aromatic rings. The number of aliphatic hydroxyl groups is 1. The Bertz CT molecular complexity index is 540. The van der Waals surface area contributed by atoms with Crippen LogP contribution in [0.4, 0.5) is 4.39 Å². The van der Waals surface area contributed by atoms with Crippen molar-refractivity contribution < 1.29 is 14.2 Å². The standard InChI is InChI=1S/C14H17FN2O2/c1-19-7-5-17-10-13(9-16-17)12-3-2-11(4-6-18)14(15)8-12/h2-3,8-10,18H,4-7H2,1H3. The molecule has 1 heterocycles. The van der Waals surface area contributed by atoms with Gasteiger partial charge in [-0.3, -0.25) is 4.68 Å². The average molecular weight is 264 g/mol. The van der Waals surface area contributed by atoms with Gasteiger partial charge in [0.1, 0.15) is 5.82 Å². The van der Waals surface area contributed by atoms with Crippen LogP contribution in [-0.2, 0) is 17.7 Å². The van der Waals surface area contributed by atoms with Gasteiger partial charge in [0.2, 0.25) is 0 Å². The summed E-state index contributed by atoms with van der Waals surface area (Å²) in [7, 11) is 1.64. The van der Waals surface area contributed by atoms with Crippen LogP contribution in [0.1, 0.15) is 5.56 Å². The van der Waals surface area contributed by atoms with Gasteiger partial charge in [0, 0.05) is 25.5 Å². The molecule has 102 valence electrons. The highest BCUT2D eigenvalue weighted by molar-refractivity contribution is 5.62. The van der Waals surface area contributed by atoms with Crippen molar-refractivity contribution in [2.75, 3.05) is 20.3 Å². The van der Waals surface area contributed by atoms with E-state index in [0.29, 0.717) is 25.1 Å². The predicted molar refractivity (Wildman–Crippen MR) is 70.3 cm³/mol. The fourth-order valence-corrected chi connectivity index (χ4v) is 1.87. The number of rotatable bonds is 6. The molecule has 0 amide bonds. The highest BCUT2D eigenvalue weighted by Crippen LogP contribution is 2.21. The largest absolute Gasteiger partial charge is 0.396 e. The van der Waals surface area contributed by atoms with Crippen molar-refractivity contribution in [1.82, 2.24) is 9.78 Å². The molecule has 0 aliphatic rings. The second-order valence-electron chi connectivity index (χ2n) is 4.26. The van der Waals surface area contributed by atoms with Crippen LogP contribution in [0.2, 0.25) is 0 Å². The predicted octanol–water partition coefficient (Wildman–Crippen LogP) is 1.87. The van der Waals surface area contributed by atoms with Crippen molar-refractivity contribution in [1.29, 1.82) is 0 Å². The Hall–Kier alpha value is -1.72. The van der Waals surface area contributed by atoms with E-state index in [1.807, 2.05) is 12.3 Å². The second kappa shape index (κ2) is 6.45. The van der Waals surface area contributed by atoms with Crippen molar-refractivity contribution in [3.05, 3.63) is 42.0 Å². The number of aliphatic hydroxyl groups excluding tert-OH is 1. The van der Waals surface area contributed by atoms with Gasteiger partial charge in [-0.2, -0.15) is 5.10 Å². The van der Waals surface area contributed by atoms with Crippen LogP contribution in [0.3, 0.4) is 0 Å². The Morgan fingerprint density at radius 1 is 1.37 bits per heavy atom. The first-order chi connectivity index (χ1) is 9.24. The van der Waals surface area contributed by atoms with E-state index in [2.05, 4.69) is 5.10 Å². The van der Waals surface area contributed by atoms with Gasteiger partial charge in [-0.25, -0.2) is 4.39 Å². The lowest BCUT2D eigenvalue weighted by Crippen LogP contribution is -2.03.